The van der Waals surface area contributed by atoms with Crippen molar-refractivity contribution in [3.05, 3.63) is 42.1 Å². The normalized spacial score (nSPS) is 10.7. The number of halogens is 1. The zero-order chi connectivity index (χ0) is 15.5. The average molecular weight is 378 g/mol. The van der Waals surface area contributed by atoms with Crippen LogP contribution in [-0.4, -0.2) is 4.98 Å². The lowest BCUT2D eigenvalue weighted by atomic mass is 10.0. The van der Waals surface area contributed by atoms with Gasteiger partial charge >= 0.3 is 0 Å². The maximum absolute atomic E-state index is 4.75. The first kappa shape index (κ1) is 20.2. The van der Waals surface area contributed by atoms with Gasteiger partial charge in [-0.3, -0.25) is 4.98 Å². The molecule has 2 heteroatoms. The van der Waals surface area contributed by atoms with Crippen molar-refractivity contribution in [1.82, 2.24) is 4.98 Å². The maximum Gasteiger partial charge on any atom is 0.0705 e. The number of nitrogens with zero attached hydrogens (tertiary/aromatic N) is 1. The van der Waals surface area contributed by atoms with Crippen molar-refractivity contribution in [3.8, 4) is 0 Å². The molecule has 2 rings (SSSR count). The van der Waals surface area contributed by atoms with Gasteiger partial charge in [-0.2, -0.15) is 0 Å². The van der Waals surface area contributed by atoms with E-state index in [9.17, 15) is 0 Å². The van der Waals surface area contributed by atoms with E-state index in [-0.39, 0.29) is 17.0 Å². The van der Waals surface area contributed by atoms with Crippen LogP contribution in [0.4, 0.5) is 0 Å². The highest BCUT2D eigenvalue weighted by atomic mass is 79.9. The molecule has 0 amide bonds. The molecule has 23 heavy (non-hydrogen) atoms. The van der Waals surface area contributed by atoms with E-state index in [1.54, 1.807) is 0 Å². The first-order chi connectivity index (χ1) is 10.9. The Bertz CT molecular complexity index is 538. The molecule has 0 fully saturated rings. The minimum absolute atomic E-state index is 0. The fourth-order valence-corrected chi connectivity index (χ4v) is 3.04. The molecule has 0 N–H and O–H groups in total. The second-order valence-corrected chi connectivity index (χ2v) is 6.43. The Morgan fingerprint density at radius 3 is 2.00 bits per heavy atom. The highest BCUT2D eigenvalue weighted by molar-refractivity contribution is 8.93. The quantitative estimate of drug-likeness (QED) is 0.375. The van der Waals surface area contributed by atoms with Gasteiger partial charge in [-0.15, -0.1) is 17.0 Å². The van der Waals surface area contributed by atoms with Crippen LogP contribution in [0.1, 0.15) is 76.8 Å². The molecule has 1 aromatic heterocycles. The number of benzene rings is 1. The Balaban J connectivity index is 0.00000264. The smallest absolute Gasteiger partial charge is 0.0705 e. The number of para-hydroxylation sites is 1. The highest BCUT2D eigenvalue weighted by Crippen LogP contribution is 2.15. The minimum atomic E-state index is 0. The summed E-state index contributed by atoms with van der Waals surface area (Å²) in [4.78, 5) is 4.75. The van der Waals surface area contributed by atoms with Crippen LogP contribution in [0.3, 0.4) is 0 Å². The van der Waals surface area contributed by atoms with Gasteiger partial charge in [0.2, 0.25) is 0 Å². The Labute approximate surface area is 152 Å². The number of aryl methyl sites for hydroxylation is 1. The topological polar surface area (TPSA) is 12.9 Å². The van der Waals surface area contributed by atoms with Gasteiger partial charge in [-0.05, 0) is 25.0 Å². The molecule has 128 valence electrons. The predicted octanol–water partition coefficient (Wildman–Crippen LogP) is 7.28. The number of unbranched alkanes of at least 4 members (excludes halogenated alkanes) is 9. The van der Waals surface area contributed by atoms with Crippen LogP contribution in [0.25, 0.3) is 10.9 Å². The van der Waals surface area contributed by atoms with Crippen LogP contribution in [0.2, 0.25) is 0 Å². The number of aromatic nitrogens is 1. The Kier molecular flexibility index (Phi) is 11.0. The van der Waals surface area contributed by atoms with E-state index in [4.69, 9.17) is 4.98 Å². The predicted molar refractivity (Wildman–Crippen MR) is 108 cm³/mol. The van der Waals surface area contributed by atoms with E-state index in [1.165, 1.54) is 75.3 Å². The Morgan fingerprint density at radius 2 is 1.30 bits per heavy atom. The molecule has 0 radical (unpaired) electrons. The van der Waals surface area contributed by atoms with Gasteiger partial charge in [0, 0.05) is 11.1 Å². The molecular formula is C21H32BrN. The zero-order valence-electron chi connectivity index (χ0n) is 14.6. The largest absolute Gasteiger partial charge is 0.253 e. The number of hydrogen-bond donors (Lipinski definition) is 0. The standard InChI is InChI=1S/C21H31N.BrH/c1-2-3-4-5-6-7-8-9-10-11-15-20-18-17-19-14-12-13-16-21(19)22-20;/h12-14,16-18H,2-11,15H2,1H3;1H. The molecule has 0 aliphatic heterocycles. The van der Waals surface area contributed by atoms with Gasteiger partial charge in [0.15, 0.2) is 0 Å². The number of hydrogen-bond acceptors (Lipinski definition) is 1. The summed E-state index contributed by atoms with van der Waals surface area (Å²) in [6.07, 6.45) is 15.1. The van der Waals surface area contributed by atoms with Gasteiger partial charge in [-0.25, -0.2) is 0 Å². The molecule has 1 aromatic carbocycles. The van der Waals surface area contributed by atoms with Crippen molar-refractivity contribution < 1.29 is 0 Å². The van der Waals surface area contributed by atoms with E-state index in [1.807, 2.05) is 0 Å². The third-order valence-electron chi connectivity index (χ3n) is 4.44. The number of pyridine rings is 1. The van der Waals surface area contributed by atoms with Gasteiger partial charge in [0.1, 0.15) is 0 Å². The monoisotopic (exact) mass is 377 g/mol. The van der Waals surface area contributed by atoms with Crippen LogP contribution in [0.5, 0.6) is 0 Å². The second-order valence-electron chi connectivity index (χ2n) is 6.43. The molecule has 0 atom stereocenters. The molecule has 0 saturated heterocycles. The molecule has 1 nitrogen and oxygen atoms in total. The zero-order valence-corrected chi connectivity index (χ0v) is 16.3. The third-order valence-corrected chi connectivity index (χ3v) is 4.44. The molecule has 0 aliphatic rings. The van der Waals surface area contributed by atoms with E-state index < -0.39 is 0 Å². The molecular weight excluding hydrogens is 346 g/mol. The van der Waals surface area contributed by atoms with Crippen LogP contribution < -0.4 is 0 Å². The van der Waals surface area contributed by atoms with E-state index in [0.717, 1.165) is 11.9 Å². The summed E-state index contributed by atoms with van der Waals surface area (Å²) in [5, 5.41) is 1.24. The van der Waals surface area contributed by atoms with Gasteiger partial charge in [0.05, 0.1) is 5.52 Å². The second kappa shape index (κ2) is 12.5. The lowest BCUT2D eigenvalue weighted by molar-refractivity contribution is 0.555. The molecule has 0 aliphatic carbocycles. The summed E-state index contributed by atoms with van der Waals surface area (Å²) >= 11 is 0. The number of rotatable bonds is 11. The molecule has 0 spiro atoms. The Morgan fingerprint density at radius 1 is 0.696 bits per heavy atom. The van der Waals surface area contributed by atoms with Crippen molar-refractivity contribution in [3.63, 3.8) is 0 Å². The van der Waals surface area contributed by atoms with Crippen molar-refractivity contribution in [2.45, 2.75) is 77.6 Å². The maximum atomic E-state index is 4.75. The summed E-state index contributed by atoms with van der Waals surface area (Å²) in [5.74, 6) is 0. The summed E-state index contributed by atoms with van der Waals surface area (Å²) in [7, 11) is 0. The van der Waals surface area contributed by atoms with E-state index >= 15 is 0 Å². The Hall–Kier alpha value is -0.890. The first-order valence-electron chi connectivity index (χ1n) is 9.25. The molecule has 1 heterocycles. The van der Waals surface area contributed by atoms with Gasteiger partial charge in [-0.1, -0.05) is 89.0 Å². The van der Waals surface area contributed by atoms with Crippen molar-refractivity contribution >= 4 is 27.9 Å². The van der Waals surface area contributed by atoms with Crippen LogP contribution in [0, 0.1) is 0 Å². The number of fused-ring (bicyclic) bond motifs is 1. The molecule has 0 bridgehead atoms. The van der Waals surface area contributed by atoms with Crippen molar-refractivity contribution in [1.29, 1.82) is 0 Å². The van der Waals surface area contributed by atoms with Crippen LogP contribution >= 0.6 is 17.0 Å². The SMILES string of the molecule is Br.CCCCCCCCCCCCc1ccc2ccccc2n1. The summed E-state index contributed by atoms with van der Waals surface area (Å²) in [5.41, 5.74) is 2.38. The summed E-state index contributed by atoms with van der Waals surface area (Å²) in [6.45, 7) is 2.28. The lowest BCUT2D eigenvalue weighted by Crippen LogP contribution is -1.91. The molecule has 0 unspecified atom stereocenters. The van der Waals surface area contributed by atoms with E-state index in [2.05, 4.69) is 43.3 Å². The molecule has 0 saturated carbocycles. The fourth-order valence-electron chi connectivity index (χ4n) is 3.04. The summed E-state index contributed by atoms with van der Waals surface area (Å²) < 4.78 is 0. The molecule has 2 aromatic rings. The van der Waals surface area contributed by atoms with Crippen molar-refractivity contribution in [2.75, 3.05) is 0 Å². The fraction of sp³-hybridized carbons (Fsp3) is 0.571. The first-order valence-corrected chi connectivity index (χ1v) is 9.25. The van der Waals surface area contributed by atoms with Gasteiger partial charge in [0.25, 0.3) is 0 Å². The van der Waals surface area contributed by atoms with Crippen molar-refractivity contribution in [2.24, 2.45) is 0 Å². The summed E-state index contributed by atoms with van der Waals surface area (Å²) in [6, 6.07) is 12.8. The van der Waals surface area contributed by atoms with E-state index in [0.29, 0.717) is 0 Å². The minimum Gasteiger partial charge on any atom is -0.253 e. The van der Waals surface area contributed by atoms with Crippen LogP contribution in [-0.2, 0) is 6.42 Å². The lowest BCUT2D eigenvalue weighted by Gasteiger charge is -2.04. The van der Waals surface area contributed by atoms with Crippen LogP contribution in [0.15, 0.2) is 36.4 Å². The third kappa shape index (κ3) is 7.97. The van der Waals surface area contributed by atoms with Gasteiger partial charge < -0.3 is 0 Å². The highest BCUT2D eigenvalue weighted by Gasteiger charge is 1.98. The average Bonchev–Trinajstić information content (AvgIpc) is 2.56.